The van der Waals surface area contributed by atoms with Crippen LogP contribution in [0.15, 0.2) is 48.5 Å². The summed E-state index contributed by atoms with van der Waals surface area (Å²) in [5.41, 5.74) is 2.61. The first-order chi connectivity index (χ1) is 19.4. The Kier molecular flexibility index (Phi) is 7.67. The number of halogens is 2. The summed E-state index contributed by atoms with van der Waals surface area (Å²) < 4.78 is 28.2. The summed E-state index contributed by atoms with van der Waals surface area (Å²) in [7, 11) is 0. The molecule has 6 rings (SSSR count). The Hall–Kier alpha value is -3.56. The standard InChI is InChI=1S/C30H30ClFN4O4/c31-20-7-6-19(24(32)16-20)15-21-2-1-3-28(33-21)40-22-8-4-18(5-9-22)14-27-34-25-10-11-26(30(37)38)35-29(25)36(27)17-23-12-13-39-23/h1-3,6-7,10-11,16,18,22-23H,4-5,8-9,12-15,17H2,(H,37,38)/t18-,22-,23-/m0/s1. The Balaban J connectivity index is 1.09. The molecular formula is C30H30ClFN4O4. The van der Waals surface area contributed by atoms with Gasteiger partial charge < -0.3 is 19.1 Å². The van der Waals surface area contributed by atoms with E-state index < -0.39 is 5.97 Å². The number of hydrogen-bond acceptors (Lipinski definition) is 6. The van der Waals surface area contributed by atoms with Gasteiger partial charge in [-0.05, 0) is 73.9 Å². The van der Waals surface area contributed by atoms with E-state index in [-0.39, 0.29) is 23.7 Å². The summed E-state index contributed by atoms with van der Waals surface area (Å²) in [6.07, 6.45) is 6.06. The lowest BCUT2D eigenvalue weighted by molar-refractivity contribution is -0.0591. The SMILES string of the molecule is O=C(O)c1ccc2nc(C[C@H]3CC[C@H](Oc4cccc(Cc5ccc(Cl)cc5F)n4)CC3)n(C[C@@H]3CCO3)c2n1. The first kappa shape index (κ1) is 26.7. The highest BCUT2D eigenvalue weighted by Crippen LogP contribution is 2.31. The summed E-state index contributed by atoms with van der Waals surface area (Å²) in [4.78, 5) is 25.3. The molecule has 10 heteroatoms. The quantitative estimate of drug-likeness (QED) is 0.271. The molecule has 0 unspecified atom stereocenters. The number of carboxylic acids is 1. The molecular weight excluding hydrogens is 535 g/mol. The maximum Gasteiger partial charge on any atom is 0.354 e. The number of pyridine rings is 2. The van der Waals surface area contributed by atoms with Crippen molar-refractivity contribution < 1.29 is 23.8 Å². The number of rotatable bonds is 9. The zero-order valence-corrected chi connectivity index (χ0v) is 22.7. The number of ether oxygens (including phenoxy) is 2. The number of hydrogen-bond donors (Lipinski definition) is 1. The van der Waals surface area contributed by atoms with Crippen LogP contribution in [-0.4, -0.2) is 49.4 Å². The van der Waals surface area contributed by atoms with Crippen molar-refractivity contribution in [1.29, 1.82) is 0 Å². The molecule has 8 nitrogen and oxygen atoms in total. The van der Waals surface area contributed by atoms with E-state index in [1.807, 2.05) is 22.8 Å². The first-order valence-electron chi connectivity index (χ1n) is 13.7. The van der Waals surface area contributed by atoms with Gasteiger partial charge in [0, 0.05) is 36.2 Å². The van der Waals surface area contributed by atoms with Crippen LogP contribution in [0.1, 0.15) is 59.7 Å². The molecule has 208 valence electrons. The number of nitrogens with zero attached hydrogens (tertiary/aromatic N) is 4. The Morgan fingerprint density at radius 2 is 1.90 bits per heavy atom. The maximum absolute atomic E-state index is 14.2. The van der Waals surface area contributed by atoms with Gasteiger partial charge in [-0.2, -0.15) is 0 Å². The van der Waals surface area contributed by atoms with Crippen LogP contribution < -0.4 is 4.74 Å². The highest BCUT2D eigenvalue weighted by Gasteiger charge is 2.27. The van der Waals surface area contributed by atoms with Crippen LogP contribution in [0.5, 0.6) is 5.88 Å². The summed E-state index contributed by atoms with van der Waals surface area (Å²) >= 11 is 5.87. The molecule has 4 aromatic rings. The van der Waals surface area contributed by atoms with E-state index in [0.717, 1.165) is 56.7 Å². The maximum atomic E-state index is 14.2. The van der Waals surface area contributed by atoms with Gasteiger partial charge >= 0.3 is 5.97 Å². The molecule has 40 heavy (non-hydrogen) atoms. The summed E-state index contributed by atoms with van der Waals surface area (Å²) in [6.45, 7) is 1.38. The summed E-state index contributed by atoms with van der Waals surface area (Å²) in [6, 6.07) is 13.5. The molecule has 2 fully saturated rings. The molecule has 3 aromatic heterocycles. The normalized spacial score (nSPS) is 20.8. The van der Waals surface area contributed by atoms with Crippen LogP contribution in [-0.2, 0) is 24.1 Å². The lowest BCUT2D eigenvalue weighted by Crippen LogP contribution is -2.32. The van der Waals surface area contributed by atoms with Crippen molar-refractivity contribution >= 4 is 28.7 Å². The topological polar surface area (TPSA) is 99.4 Å². The lowest BCUT2D eigenvalue weighted by Gasteiger charge is -2.30. The monoisotopic (exact) mass is 564 g/mol. The van der Waals surface area contributed by atoms with Crippen LogP contribution in [0.2, 0.25) is 5.02 Å². The van der Waals surface area contributed by atoms with Gasteiger partial charge in [-0.15, -0.1) is 0 Å². The molecule has 1 saturated carbocycles. The van der Waals surface area contributed by atoms with Gasteiger partial charge in [-0.3, -0.25) is 0 Å². The zero-order valence-electron chi connectivity index (χ0n) is 21.9. The van der Waals surface area contributed by atoms with Gasteiger partial charge in [-0.25, -0.2) is 24.1 Å². The number of aromatic carboxylic acids is 1. The molecule has 0 bridgehead atoms. The minimum Gasteiger partial charge on any atom is -0.477 e. The Morgan fingerprint density at radius 3 is 2.62 bits per heavy atom. The summed E-state index contributed by atoms with van der Waals surface area (Å²) in [5, 5.41) is 9.79. The number of aromatic nitrogens is 4. The van der Waals surface area contributed by atoms with Crippen LogP contribution in [0.25, 0.3) is 11.2 Å². The van der Waals surface area contributed by atoms with Crippen molar-refractivity contribution in [2.24, 2.45) is 5.92 Å². The van der Waals surface area contributed by atoms with Crippen molar-refractivity contribution in [2.45, 2.75) is 63.7 Å². The van der Waals surface area contributed by atoms with Crippen molar-refractivity contribution in [1.82, 2.24) is 19.5 Å². The van der Waals surface area contributed by atoms with Gasteiger partial charge in [-0.1, -0.05) is 23.7 Å². The van der Waals surface area contributed by atoms with Crippen LogP contribution in [0.4, 0.5) is 4.39 Å². The Bertz CT molecular complexity index is 1530. The van der Waals surface area contributed by atoms with E-state index >= 15 is 0 Å². The fourth-order valence-corrected chi connectivity index (χ4v) is 5.67. The second-order valence-electron chi connectivity index (χ2n) is 10.6. The average molecular weight is 565 g/mol. The molecule has 0 radical (unpaired) electrons. The van der Waals surface area contributed by atoms with E-state index in [9.17, 15) is 14.3 Å². The van der Waals surface area contributed by atoms with Crippen LogP contribution in [0, 0.1) is 11.7 Å². The summed E-state index contributed by atoms with van der Waals surface area (Å²) in [5.74, 6) is 0.521. The van der Waals surface area contributed by atoms with Gasteiger partial charge in [0.05, 0.1) is 12.6 Å². The van der Waals surface area contributed by atoms with E-state index in [1.54, 1.807) is 18.2 Å². The van der Waals surface area contributed by atoms with Gasteiger partial charge in [0.15, 0.2) is 11.3 Å². The van der Waals surface area contributed by atoms with Crippen molar-refractivity contribution in [3.63, 3.8) is 0 Å². The van der Waals surface area contributed by atoms with Crippen molar-refractivity contribution in [3.8, 4) is 5.88 Å². The average Bonchev–Trinajstić information content (AvgIpc) is 3.25. The molecule has 2 aliphatic rings. The first-order valence-corrected chi connectivity index (χ1v) is 14.1. The fraction of sp³-hybridized carbons (Fsp3) is 0.400. The van der Waals surface area contributed by atoms with E-state index in [1.165, 1.54) is 12.1 Å². The second-order valence-corrected chi connectivity index (χ2v) is 11.0. The highest BCUT2D eigenvalue weighted by atomic mass is 35.5. The molecule has 1 aliphatic heterocycles. The smallest absolute Gasteiger partial charge is 0.354 e. The third kappa shape index (κ3) is 5.95. The molecule has 1 saturated heterocycles. The third-order valence-corrected chi connectivity index (χ3v) is 8.03. The Labute approximate surface area is 236 Å². The van der Waals surface area contributed by atoms with E-state index in [0.29, 0.717) is 46.5 Å². The number of imidazole rings is 1. The number of fused-ring (bicyclic) bond motifs is 1. The highest BCUT2D eigenvalue weighted by molar-refractivity contribution is 6.30. The zero-order chi connectivity index (χ0) is 27.6. The van der Waals surface area contributed by atoms with Crippen molar-refractivity contribution in [3.05, 3.63) is 82.1 Å². The minimum atomic E-state index is -1.05. The van der Waals surface area contributed by atoms with Gasteiger partial charge in [0.25, 0.3) is 0 Å². The third-order valence-electron chi connectivity index (χ3n) is 7.79. The van der Waals surface area contributed by atoms with Crippen molar-refractivity contribution in [2.75, 3.05) is 6.61 Å². The van der Waals surface area contributed by atoms with Crippen LogP contribution in [0.3, 0.4) is 0 Å². The van der Waals surface area contributed by atoms with E-state index in [4.69, 9.17) is 26.1 Å². The number of carboxylic acid groups (broad SMARTS) is 1. The second kappa shape index (κ2) is 11.5. The fourth-order valence-electron chi connectivity index (χ4n) is 5.51. The predicted octanol–water partition coefficient (Wildman–Crippen LogP) is 5.88. The molecule has 1 atom stereocenters. The lowest BCUT2D eigenvalue weighted by atomic mass is 9.85. The van der Waals surface area contributed by atoms with Gasteiger partial charge in [0.2, 0.25) is 5.88 Å². The molecule has 1 aliphatic carbocycles. The Morgan fingerprint density at radius 1 is 1.07 bits per heavy atom. The largest absolute Gasteiger partial charge is 0.477 e. The molecule has 0 amide bonds. The number of benzene rings is 1. The molecule has 4 heterocycles. The molecule has 0 spiro atoms. The molecule has 1 N–H and O–H groups in total. The van der Waals surface area contributed by atoms with Crippen LogP contribution >= 0.6 is 11.6 Å². The number of carbonyl (C=O) groups is 1. The predicted molar refractivity (Wildman–Crippen MR) is 147 cm³/mol. The molecule has 1 aromatic carbocycles. The minimum absolute atomic E-state index is 0.0170. The van der Waals surface area contributed by atoms with Gasteiger partial charge in [0.1, 0.15) is 23.3 Å². The van der Waals surface area contributed by atoms with E-state index in [2.05, 4.69) is 9.97 Å².